The lowest BCUT2D eigenvalue weighted by molar-refractivity contribution is 0.134. The predicted octanol–water partition coefficient (Wildman–Crippen LogP) is 5.64. The lowest BCUT2D eigenvalue weighted by atomic mass is 9.97. The van der Waals surface area contributed by atoms with E-state index in [9.17, 15) is 13.2 Å². The third-order valence-corrected chi connectivity index (χ3v) is 8.64. The van der Waals surface area contributed by atoms with Crippen molar-refractivity contribution in [3.05, 3.63) is 112 Å². The van der Waals surface area contributed by atoms with Crippen LogP contribution in [-0.2, 0) is 34.3 Å². The largest absolute Gasteiger partial charge is 0.377 e. The molecule has 0 saturated carbocycles. The highest BCUT2D eigenvalue weighted by Crippen LogP contribution is 2.33. The number of para-hydroxylation sites is 1. The van der Waals surface area contributed by atoms with Gasteiger partial charge in [-0.05, 0) is 62.1 Å². The van der Waals surface area contributed by atoms with Crippen molar-refractivity contribution in [1.82, 2.24) is 19.5 Å². The molecule has 5 rings (SSSR count). The Balaban J connectivity index is 1.54. The number of nitrogens with zero attached hydrogens (tertiary/aromatic N) is 4. The maximum absolute atomic E-state index is 13.6. The molecule has 0 aliphatic heterocycles. The van der Waals surface area contributed by atoms with Gasteiger partial charge in [0.1, 0.15) is 11.6 Å². The Morgan fingerprint density at radius 3 is 2.40 bits per heavy atom. The molecule has 0 unspecified atom stereocenters. The van der Waals surface area contributed by atoms with Gasteiger partial charge in [0, 0.05) is 24.2 Å². The van der Waals surface area contributed by atoms with Gasteiger partial charge in [0.2, 0.25) is 0 Å². The van der Waals surface area contributed by atoms with Crippen LogP contribution in [0.3, 0.4) is 0 Å². The normalized spacial score (nSPS) is 11.6. The molecule has 0 bridgehead atoms. The number of aromatic nitrogens is 4. The first-order valence-electron chi connectivity index (χ1n) is 14.2. The molecule has 0 spiro atoms. The van der Waals surface area contributed by atoms with E-state index in [0.29, 0.717) is 53.5 Å². The zero-order valence-corrected chi connectivity index (χ0v) is 25.5. The summed E-state index contributed by atoms with van der Waals surface area (Å²) in [5.41, 5.74) is 4.02. The number of nitrogens with one attached hydrogen (secondary N) is 1. The van der Waals surface area contributed by atoms with E-state index in [2.05, 4.69) is 21.9 Å². The lowest BCUT2D eigenvalue weighted by Crippen LogP contribution is -2.25. The van der Waals surface area contributed by atoms with Crippen molar-refractivity contribution in [2.24, 2.45) is 0 Å². The molecular formula is C32H35N5O5S. The average molecular weight is 602 g/mol. The molecule has 0 amide bonds. The minimum atomic E-state index is -4.01. The van der Waals surface area contributed by atoms with E-state index in [-0.39, 0.29) is 23.0 Å². The van der Waals surface area contributed by atoms with Crippen LogP contribution in [0.2, 0.25) is 0 Å². The second-order valence-corrected chi connectivity index (χ2v) is 11.9. The topological polar surface area (TPSA) is 121 Å². The van der Waals surface area contributed by atoms with Gasteiger partial charge in [-0.15, -0.1) is 5.10 Å². The molecule has 0 fully saturated rings. The highest BCUT2D eigenvalue weighted by atomic mass is 32.2. The molecule has 3 aromatic carbocycles. The third-order valence-electron chi connectivity index (χ3n) is 7.24. The number of anilines is 1. The van der Waals surface area contributed by atoms with E-state index >= 15 is 0 Å². The Kier molecular flexibility index (Phi) is 8.93. The van der Waals surface area contributed by atoms with Crippen LogP contribution in [0.5, 0.6) is 0 Å². The van der Waals surface area contributed by atoms with Crippen molar-refractivity contribution in [2.75, 3.05) is 11.3 Å². The van der Waals surface area contributed by atoms with Gasteiger partial charge in [0.05, 0.1) is 23.7 Å². The molecule has 11 heteroatoms. The zero-order valence-electron chi connectivity index (χ0n) is 24.7. The Morgan fingerprint density at radius 1 is 0.953 bits per heavy atom. The highest BCUT2D eigenvalue weighted by molar-refractivity contribution is 7.92. The SMILES string of the molecule is CCCc1nn(-c2ccccc2)c(=O)n1Cc1ccc(-c2ccccc2S(=O)(=O)Nc2noc(C)c2C)c(COCC)c1. The van der Waals surface area contributed by atoms with Crippen LogP contribution in [0.4, 0.5) is 5.82 Å². The first kappa shape index (κ1) is 30.0. The van der Waals surface area contributed by atoms with Gasteiger partial charge >= 0.3 is 5.69 Å². The lowest BCUT2D eigenvalue weighted by Gasteiger charge is -2.16. The fraction of sp³-hybridized carbons (Fsp3) is 0.281. The Morgan fingerprint density at radius 2 is 1.70 bits per heavy atom. The van der Waals surface area contributed by atoms with E-state index in [4.69, 9.17) is 9.26 Å². The maximum atomic E-state index is 13.6. The molecule has 224 valence electrons. The predicted molar refractivity (Wildman–Crippen MR) is 165 cm³/mol. The molecule has 0 aliphatic rings. The molecule has 2 aromatic heterocycles. The fourth-order valence-electron chi connectivity index (χ4n) is 4.88. The Bertz CT molecular complexity index is 1890. The number of benzene rings is 3. The number of rotatable bonds is 12. The molecule has 0 atom stereocenters. The van der Waals surface area contributed by atoms with Crippen LogP contribution in [-0.4, -0.2) is 34.5 Å². The molecule has 0 radical (unpaired) electrons. The van der Waals surface area contributed by atoms with Crippen molar-refractivity contribution in [1.29, 1.82) is 0 Å². The van der Waals surface area contributed by atoms with Gasteiger partial charge in [-0.2, -0.15) is 4.68 Å². The maximum Gasteiger partial charge on any atom is 0.351 e. The Hall–Kier alpha value is -4.48. The standard InChI is InChI=1S/C32H35N5O5S/c1-5-12-30-33-37(26-13-8-7-9-14-26)32(38)36(30)20-24-17-18-27(25(19-24)21-41-6-2)28-15-10-11-16-29(28)43(39,40)35-31-22(3)23(4)42-34-31/h7-11,13-19H,5-6,12,20-21H2,1-4H3,(H,34,35). The quantitative estimate of drug-likeness (QED) is 0.196. The van der Waals surface area contributed by atoms with Crippen LogP contribution in [0.15, 0.2) is 87.0 Å². The van der Waals surface area contributed by atoms with E-state index in [0.717, 1.165) is 17.5 Å². The van der Waals surface area contributed by atoms with Gasteiger partial charge in [-0.25, -0.2) is 13.2 Å². The fourth-order valence-corrected chi connectivity index (χ4v) is 6.16. The summed E-state index contributed by atoms with van der Waals surface area (Å²) in [7, 11) is -4.01. The van der Waals surface area contributed by atoms with Gasteiger partial charge in [-0.3, -0.25) is 9.29 Å². The van der Waals surface area contributed by atoms with Crippen LogP contribution in [0.25, 0.3) is 16.8 Å². The molecular weight excluding hydrogens is 566 g/mol. The van der Waals surface area contributed by atoms with Gasteiger partial charge < -0.3 is 9.26 Å². The van der Waals surface area contributed by atoms with Crippen molar-refractivity contribution in [3.63, 3.8) is 0 Å². The first-order chi connectivity index (χ1) is 20.7. The third kappa shape index (κ3) is 6.32. The van der Waals surface area contributed by atoms with Crippen LogP contribution >= 0.6 is 0 Å². The highest BCUT2D eigenvalue weighted by Gasteiger charge is 2.24. The number of aryl methyl sites for hydroxylation is 2. The number of sulfonamides is 1. The minimum absolute atomic E-state index is 0.103. The minimum Gasteiger partial charge on any atom is -0.377 e. The van der Waals surface area contributed by atoms with Crippen molar-refractivity contribution in [2.45, 2.75) is 58.6 Å². The summed E-state index contributed by atoms with van der Waals surface area (Å²) >= 11 is 0. The summed E-state index contributed by atoms with van der Waals surface area (Å²) in [6, 6.07) is 21.9. The molecule has 1 N–H and O–H groups in total. The second kappa shape index (κ2) is 12.8. The van der Waals surface area contributed by atoms with Gasteiger partial charge in [-0.1, -0.05) is 66.7 Å². The molecule has 0 saturated heterocycles. The second-order valence-electron chi connectivity index (χ2n) is 10.2. The van der Waals surface area contributed by atoms with Gasteiger partial charge in [0.15, 0.2) is 5.82 Å². The molecule has 2 heterocycles. The molecule has 5 aromatic rings. The molecule has 0 aliphatic carbocycles. The Labute approximate surface area is 251 Å². The van der Waals surface area contributed by atoms with E-state index in [1.807, 2.05) is 55.5 Å². The molecule has 43 heavy (non-hydrogen) atoms. The van der Waals surface area contributed by atoms with E-state index in [1.54, 1.807) is 42.7 Å². The van der Waals surface area contributed by atoms with Crippen LogP contribution < -0.4 is 10.4 Å². The molecule has 10 nitrogen and oxygen atoms in total. The van der Waals surface area contributed by atoms with Gasteiger partial charge in [0.25, 0.3) is 10.0 Å². The summed E-state index contributed by atoms with van der Waals surface area (Å²) in [5.74, 6) is 1.39. The monoisotopic (exact) mass is 601 g/mol. The summed E-state index contributed by atoms with van der Waals surface area (Å²) in [6.07, 6.45) is 1.49. The zero-order chi connectivity index (χ0) is 30.6. The number of hydrogen-bond donors (Lipinski definition) is 1. The van der Waals surface area contributed by atoms with Crippen molar-refractivity contribution in [3.8, 4) is 16.8 Å². The van der Waals surface area contributed by atoms with E-state index in [1.165, 1.54) is 4.68 Å². The summed E-state index contributed by atoms with van der Waals surface area (Å²) < 4.78 is 43.8. The first-order valence-corrected chi connectivity index (χ1v) is 15.7. The summed E-state index contributed by atoms with van der Waals surface area (Å²) in [4.78, 5) is 13.6. The summed E-state index contributed by atoms with van der Waals surface area (Å²) in [6.45, 7) is 8.49. The summed E-state index contributed by atoms with van der Waals surface area (Å²) in [5, 5.41) is 8.51. The van der Waals surface area contributed by atoms with Crippen molar-refractivity contribution >= 4 is 15.8 Å². The van der Waals surface area contributed by atoms with Crippen LogP contribution in [0, 0.1) is 13.8 Å². The smallest absolute Gasteiger partial charge is 0.351 e. The average Bonchev–Trinajstić information content (AvgIpc) is 3.49. The number of ether oxygens (including phenoxy) is 1. The van der Waals surface area contributed by atoms with Crippen LogP contribution in [0.1, 0.15) is 48.5 Å². The number of hydrogen-bond acceptors (Lipinski definition) is 7. The van der Waals surface area contributed by atoms with E-state index < -0.39 is 10.0 Å². The van der Waals surface area contributed by atoms with Crippen molar-refractivity contribution < 1.29 is 17.7 Å².